The molecule has 1 N–H and O–H groups in total. The molecular weight excluding hydrogens is 442 g/mol. The number of nitrogens with zero attached hydrogens (tertiary/aromatic N) is 2. The quantitative estimate of drug-likeness (QED) is 0.690. The second-order valence-electron chi connectivity index (χ2n) is 7.50. The number of rotatable bonds is 6. The third-order valence-electron chi connectivity index (χ3n) is 5.52. The van der Waals surface area contributed by atoms with Gasteiger partial charge in [0, 0.05) is 37.0 Å². The molecule has 4 rings (SSSR count). The van der Waals surface area contributed by atoms with Gasteiger partial charge in [-0.1, -0.05) is 0 Å². The van der Waals surface area contributed by atoms with E-state index in [2.05, 4.69) is 5.32 Å². The van der Waals surface area contributed by atoms with Crippen LogP contribution in [0.15, 0.2) is 39.2 Å². The summed E-state index contributed by atoms with van der Waals surface area (Å²) < 4.78 is 37.5. The number of carbonyl (C=O) groups excluding carboxylic acids is 2. The molecule has 9 nitrogen and oxygen atoms in total. The Morgan fingerprint density at radius 1 is 1.10 bits per heavy atom. The predicted octanol–water partition coefficient (Wildman–Crippen LogP) is 1.53. The van der Waals surface area contributed by atoms with Crippen molar-refractivity contribution in [3.63, 3.8) is 0 Å². The zero-order chi connectivity index (χ0) is 21.8. The van der Waals surface area contributed by atoms with Crippen LogP contribution < -0.4 is 5.32 Å². The number of ether oxygens (including phenoxy) is 1. The maximum atomic E-state index is 12.7. The van der Waals surface area contributed by atoms with E-state index >= 15 is 0 Å². The Kier molecular flexibility index (Phi) is 6.75. The van der Waals surface area contributed by atoms with Gasteiger partial charge in [-0.2, -0.15) is 4.31 Å². The fourth-order valence-electron chi connectivity index (χ4n) is 3.73. The summed E-state index contributed by atoms with van der Waals surface area (Å²) in [6, 6.07) is 6.64. The molecule has 2 fully saturated rings. The van der Waals surface area contributed by atoms with E-state index in [1.54, 1.807) is 29.2 Å². The van der Waals surface area contributed by atoms with Crippen molar-refractivity contribution in [2.45, 2.75) is 23.6 Å². The van der Waals surface area contributed by atoms with Gasteiger partial charge in [0.05, 0.1) is 26.0 Å². The monoisotopic (exact) mass is 467 g/mol. The van der Waals surface area contributed by atoms with Gasteiger partial charge >= 0.3 is 0 Å². The predicted molar refractivity (Wildman–Crippen MR) is 113 cm³/mol. The van der Waals surface area contributed by atoms with Gasteiger partial charge in [0.1, 0.15) is 4.21 Å². The third kappa shape index (κ3) is 5.00. The summed E-state index contributed by atoms with van der Waals surface area (Å²) in [6.45, 7) is 2.80. The van der Waals surface area contributed by atoms with Crippen molar-refractivity contribution < 1.29 is 27.2 Å². The van der Waals surface area contributed by atoms with Crippen molar-refractivity contribution in [1.29, 1.82) is 0 Å². The van der Waals surface area contributed by atoms with Gasteiger partial charge in [0.15, 0.2) is 5.76 Å². The molecule has 0 saturated carbocycles. The molecule has 2 saturated heterocycles. The minimum atomic E-state index is -3.52. The Morgan fingerprint density at radius 3 is 2.52 bits per heavy atom. The number of sulfonamides is 1. The zero-order valence-corrected chi connectivity index (χ0v) is 18.6. The lowest BCUT2D eigenvalue weighted by Gasteiger charge is -2.30. The lowest BCUT2D eigenvalue weighted by Crippen LogP contribution is -2.42. The summed E-state index contributed by atoms with van der Waals surface area (Å²) >= 11 is 1.18. The van der Waals surface area contributed by atoms with Crippen LogP contribution in [0.25, 0.3) is 0 Å². The molecule has 2 aromatic heterocycles. The Labute approximate surface area is 185 Å². The fraction of sp³-hybridized carbons (Fsp3) is 0.500. The normalized spacial score (nSPS) is 18.8. The zero-order valence-electron chi connectivity index (χ0n) is 17.0. The van der Waals surface area contributed by atoms with Crippen LogP contribution in [0, 0.1) is 5.92 Å². The Hall–Kier alpha value is -2.21. The number of thiophene rings is 1. The highest BCUT2D eigenvalue weighted by Gasteiger charge is 2.30. The Bertz CT molecular complexity index is 1000. The summed E-state index contributed by atoms with van der Waals surface area (Å²) in [5.41, 5.74) is 0. The van der Waals surface area contributed by atoms with Crippen LogP contribution in [0.3, 0.4) is 0 Å². The van der Waals surface area contributed by atoms with Gasteiger partial charge in [-0.25, -0.2) is 8.42 Å². The summed E-state index contributed by atoms with van der Waals surface area (Å²) in [7, 11) is -3.52. The van der Waals surface area contributed by atoms with Crippen LogP contribution >= 0.6 is 11.3 Å². The van der Waals surface area contributed by atoms with Gasteiger partial charge < -0.3 is 19.4 Å². The topological polar surface area (TPSA) is 109 Å². The van der Waals surface area contributed by atoms with Crippen molar-refractivity contribution in [3.8, 4) is 0 Å². The molecule has 2 aliphatic rings. The van der Waals surface area contributed by atoms with Gasteiger partial charge in [0.2, 0.25) is 5.91 Å². The SMILES string of the molecule is O=C(NCc1ccc(S(=O)(=O)N2CCOCC2)s1)C1CCN(C(=O)c2ccco2)CC1. The number of nitrogens with one attached hydrogen (secondary N) is 1. The number of likely N-dealkylation sites (tertiary alicyclic amines) is 1. The minimum absolute atomic E-state index is 0.0731. The second kappa shape index (κ2) is 9.51. The van der Waals surface area contributed by atoms with E-state index < -0.39 is 10.0 Å². The van der Waals surface area contributed by atoms with E-state index in [1.807, 2.05) is 0 Å². The van der Waals surface area contributed by atoms with E-state index in [-0.39, 0.29) is 28.5 Å². The van der Waals surface area contributed by atoms with E-state index in [4.69, 9.17) is 9.15 Å². The molecule has 31 heavy (non-hydrogen) atoms. The molecule has 0 unspecified atom stereocenters. The lowest BCUT2D eigenvalue weighted by atomic mass is 9.95. The van der Waals surface area contributed by atoms with Crippen molar-refractivity contribution >= 4 is 33.2 Å². The first-order chi connectivity index (χ1) is 14.9. The molecule has 168 valence electrons. The van der Waals surface area contributed by atoms with Crippen molar-refractivity contribution in [2.24, 2.45) is 5.92 Å². The maximum Gasteiger partial charge on any atom is 0.289 e. The summed E-state index contributed by atoms with van der Waals surface area (Å²) in [6.07, 6.45) is 2.63. The van der Waals surface area contributed by atoms with Gasteiger partial charge in [-0.15, -0.1) is 11.3 Å². The van der Waals surface area contributed by atoms with E-state index in [0.29, 0.717) is 58.0 Å². The lowest BCUT2D eigenvalue weighted by molar-refractivity contribution is -0.126. The Balaban J connectivity index is 1.26. The van der Waals surface area contributed by atoms with Crippen molar-refractivity contribution in [3.05, 3.63) is 41.2 Å². The number of furan rings is 1. The van der Waals surface area contributed by atoms with Gasteiger partial charge in [-0.3, -0.25) is 9.59 Å². The smallest absolute Gasteiger partial charge is 0.289 e. The number of piperidine rings is 1. The van der Waals surface area contributed by atoms with E-state index in [0.717, 1.165) is 4.88 Å². The molecular formula is C20H25N3O6S2. The first kappa shape index (κ1) is 22.0. The minimum Gasteiger partial charge on any atom is -0.459 e. The highest BCUT2D eigenvalue weighted by molar-refractivity contribution is 7.91. The van der Waals surface area contributed by atoms with Gasteiger partial charge in [0.25, 0.3) is 15.9 Å². The number of amides is 2. The molecule has 0 aromatic carbocycles. The fourth-order valence-corrected chi connectivity index (χ4v) is 6.58. The Morgan fingerprint density at radius 2 is 1.84 bits per heavy atom. The number of carbonyl (C=O) groups is 2. The molecule has 11 heteroatoms. The third-order valence-corrected chi connectivity index (χ3v) is 8.97. The summed E-state index contributed by atoms with van der Waals surface area (Å²) in [5.74, 6) is -0.0897. The molecule has 2 amide bonds. The summed E-state index contributed by atoms with van der Waals surface area (Å²) in [5, 5.41) is 2.91. The van der Waals surface area contributed by atoms with Crippen LogP contribution in [0.4, 0.5) is 0 Å². The summed E-state index contributed by atoms with van der Waals surface area (Å²) in [4.78, 5) is 27.4. The van der Waals surface area contributed by atoms with E-state index in [1.165, 1.54) is 21.9 Å². The van der Waals surface area contributed by atoms with Crippen LogP contribution in [0.1, 0.15) is 28.3 Å². The molecule has 0 aliphatic carbocycles. The van der Waals surface area contributed by atoms with Crippen LogP contribution in [-0.4, -0.2) is 68.8 Å². The van der Waals surface area contributed by atoms with E-state index in [9.17, 15) is 18.0 Å². The first-order valence-electron chi connectivity index (χ1n) is 10.2. The molecule has 0 atom stereocenters. The van der Waals surface area contributed by atoms with Crippen LogP contribution in [0.5, 0.6) is 0 Å². The maximum absolute atomic E-state index is 12.7. The average Bonchev–Trinajstić information content (AvgIpc) is 3.50. The molecule has 0 radical (unpaired) electrons. The highest BCUT2D eigenvalue weighted by atomic mass is 32.2. The molecule has 4 heterocycles. The molecule has 0 spiro atoms. The molecule has 2 aliphatic heterocycles. The highest BCUT2D eigenvalue weighted by Crippen LogP contribution is 2.26. The average molecular weight is 468 g/mol. The molecule has 0 bridgehead atoms. The standard InChI is InChI=1S/C20H25N3O6S2/c24-19(15-5-7-22(8-6-15)20(25)17-2-1-11-29-17)21-14-16-3-4-18(30-16)31(26,27)23-9-12-28-13-10-23/h1-4,11,15H,5-10,12-14H2,(H,21,24). The van der Waals surface area contributed by atoms with Crippen molar-refractivity contribution in [2.75, 3.05) is 39.4 Å². The number of morpholine rings is 1. The first-order valence-corrected chi connectivity index (χ1v) is 12.5. The number of hydrogen-bond acceptors (Lipinski definition) is 7. The largest absolute Gasteiger partial charge is 0.459 e. The molecule has 2 aromatic rings. The second-order valence-corrected chi connectivity index (χ2v) is 10.8. The number of hydrogen-bond donors (Lipinski definition) is 1. The van der Waals surface area contributed by atoms with Crippen molar-refractivity contribution in [1.82, 2.24) is 14.5 Å². The van der Waals surface area contributed by atoms with Crippen LogP contribution in [0.2, 0.25) is 0 Å². The van der Waals surface area contributed by atoms with Gasteiger partial charge in [-0.05, 0) is 37.1 Å². The van der Waals surface area contributed by atoms with Crippen LogP contribution in [-0.2, 0) is 26.1 Å².